The molecule has 1 amide bonds. The van der Waals surface area contributed by atoms with Crippen LogP contribution < -0.4 is 16.0 Å². The first kappa shape index (κ1) is 26.4. The first-order valence-electron chi connectivity index (χ1n) is 12.0. The summed E-state index contributed by atoms with van der Waals surface area (Å²) in [7, 11) is 0. The summed E-state index contributed by atoms with van der Waals surface area (Å²) < 4.78 is 1.81. The Kier molecular flexibility index (Phi) is 8.98. The van der Waals surface area contributed by atoms with E-state index in [-0.39, 0.29) is 11.9 Å². The number of hydrogen-bond acceptors (Lipinski definition) is 6. The molecule has 0 aliphatic heterocycles. The normalized spacial score (nSPS) is 11.8. The van der Waals surface area contributed by atoms with E-state index in [1.165, 1.54) is 0 Å². The molecule has 2 heterocycles. The van der Waals surface area contributed by atoms with Crippen molar-refractivity contribution in [1.82, 2.24) is 24.8 Å². The second kappa shape index (κ2) is 12.6. The minimum Gasteiger partial charge on any atom is -0.368 e. The van der Waals surface area contributed by atoms with Crippen molar-refractivity contribution in [1.29, 1.82) is 0 Å². The molecule has 0 aliphatic rings. The molecule has 0 radical (unpaired) electrons. The number of hydrogen-bond donors (Lipinski definition) is 3. The van der Waals surface area contributed by atoms with E-state index in [9.17, 15) is 4.79 Å². The molecule has 0 bridgehead atoms. The average molecular weight is 538 g/mol. The van der Waals surface area contributed by atoms with Gasteiger partial charge in [-0.2, -0.15) is 9.97 Å². The van der Waals surface area contributed by atoms with Crippen molar-refractivity contribution in [2.75, 3.05) is 17.2 Å². The third-order valence-corrected chi connectivity index (χ3v) is 6.04. The van der Waals surface area contributed by atoms with Crippen LogP contribution in [0, 0.1) is 5.92 Å². The van der Waals surface area contributed by atoms with Crippen LogP contribution >= 0.6 is 23.2 Å². The Hall–Kier alpha value is -3.62. The molecule has 4 rings (SSSR count). The van der Waals surface area contributed by atoms with Gasteiger partial charge < -0.3 is 16.0 Å². The van der Waals surface area contributed by atoms with Crippen molar-refractivity contribution in [2.45, 2.75) is 32.9 Å². The van der Waals surface area contributed by atoms with E-state index in [1.807, 2.05) is 41.1 Å². The highest BCUT2D eigenvalue weighted by atomic mass is 35.5. The first-order valence-corrected chi connectivity index (χ1v) is 12.8. The van der Waals surface area contributed by atoms with Gasteiger partial charge in [-0.25, -0.2) is 4.98 Å². The minimum absolute atomic E-state index is 0.113. The maximum atomic E-state index is 12.8. The van der Waals surface area contributed by atoms with E-state index in [2.05, 4.69) is 44.7 Å². The lowest BCUT2D eigenvalue weighted by atomic mass is 10.0. The molecule has 2 aromatic carbocycles. The number of anilines is 2. The van der Waals surface area contributed by atoms with E-state index < -0.39 is 0 Å². The lowest BCUT2D eigenvalue weighted by Crippen LogP contribution is -2.40. The second-order valence-electron chi connectivity index (χ2n) is 9.08. The number of aromatic nitrogens is 4. The number of imidazole rings is 1. The number of amides is 1. The van der Waals surface area contributed by atoms with Gasteiger partial charge in [-0.05, 0) is 54.3 Å². The standard InChI is InChI=1S/C27H29Cl2N7O/c1-18(2)12-23(33-26(37)20-6-8-21(28)9-7-20)16-31-24-14-25(36-11-10-30-17-36)35-27(34-24)32-15-19-4-3-5-22(29)13-19/h3-11,13-14,17-18,23H,12,15-16H2,1-2H3,(H,33,37)(H2,31,32,34,35)/t23-/m1/s1. The smallest absolute Gasteiger partial charge is 0.251 e. The van der Waals surface area contributed by atoms with Gasteiger partial charge in [0.15, 0.2) is 0 Å². The fourth-order valence-corrected chi connectivity index (χ4v) is 4.16. The maximum absolute atomic E-state index is 12.8. The molecule has 0 saturated carbocycles. The van der Waals surface area contributed by atoms with Crippen LogP contribution in [-0.4, -0.2) is 38.0 Å². The summed E-state index contributed by atoms with van der Waals surface area (Å²) in [6, 6.07) is 16.2. The van der Waals surface area contributed by atoms with Crippen molar-refractivity contribution in [2.24, 2.45) is 5.92 Å². The van der Waals surface area contributed by atoms with Crippen LogP contribution in [0.2, 0.25) is 10.0 Å². The molecule has 0 unspecified atom stereocenters. The highest BCUT2D eigenvalue weighted by molar-refractivity contribution is 6.30. The molecule has 192 valence electrons. The SMILES string of the molecule is CC(C)C[C@H](CNc1cc(-n2ccnc2)nc(NCc2cccc(Cl)c2)n1)NC(=O)c1ccc(Cl)cc1. The number of carbonyl (C=O) groups excluding carboxylic acids is 1. The topological polar surface area (TPSA) is 96.8 Å². The molecule has 37 heavy (non-hydrogen) atoms. The molecule has 0 fully saturated rings. The van der Waals surface area contributed by atoms with Crippen LogP contribution in [0.4, 0.5) is 11.8 Å². The zero-order chi connectivity index (χ0) is 26.2. The number of halogens is 2. The summed E-state index contributed by atoms with van der Waals surface area (Å²) in [6.45, 7) is 5.26. The van der Waals surface area contributed by atoms with Crippen molar-refractivity contribution >= 4 is 40.9 Å². The fourth-order valence-electron chi connectivity index (χ4n) is 3.82. The molecule has 2 aromatic heterocycles. The number of rotatable bonds is 11. The van der Waals surface area contributed by atoms with Gasteiger partial charge in [-0.1, -0.05) is 49.2 Å². The van der Waals surface area contributed by atoms with Crippen molar-refractivity contribution < 1.29 is 4.79 Å². The van der Waals surface area contributed by atoms with Crippen LogP contribution in [0.15, 0.2) is 73.3 Å². The first-order chi connectivity index (χ1) is 17.9. The minimum atomic E-state index is -0.144. The predicted octanol–water partition coefficient (Wildman–Crippen LogP) is 5.84. The zero-order valence-electron chi connectivity index (χ0n) is 20.7. The van der Waals surface area contributed by atoms with Gasteiger partial charge in [-0.3, -0.25) is 9.36 Å². The van der Waals surface area contributed by atoms with Gasteiger partial charge >= 0.3 is 0 Å². The monoisotopic (exact) mass is 537 g/mol. The van der Waals surface area contributed by atoms with Gasteiger partial charge in [0.05, 0.1) is 0 Å². The summed E-state index contributed by atoms with van der Waals surface area (Å²) in [5.41, 5.74) is 1.58. The largest absolute Gasteiger partial charge is 0.368 e. The molecule has 10 heteroatoms. The molecule has 8 nitrogen and oxygen atoms in total. The van der Waals surface area contributed by atoms with E-state index in [0.29, 0.717) is 52.2 Å². The van der Waals surface area contributed by atoms with Crippen molar-refractivity contribution in [3.05, 3.63) is 94.5 Å². The number of benzene rings is 2. The van der Waals surface area contributed by atoms with Gasteiger partial charge in [-0.15, -0.1) is 0 Å². The molecular formula is C27H29Cl2N7O. The van der Waals surface area contributed by atoms with Crippen LogP contribution in [0.3, 0.4) is 0 Å². The van der Waals surface area contributed by atoms with Crippen LogP contribution in [0.25, 0.3) is 5.82 Å². The summed E-state index contributed by atoms with van der Waals surface area (Å²) in [6.07, 6.45) is 5.99. The van der Waals surface area contributed by atoms with E-state index in [4.69, 9.17) is 23.2 Å². The summed E-state index contributed by atoms with van der Waals surface area (Å²) in [5.74, 6) is 1.99. The second-order valence-corrected chi connectivity index (χ2v) is 9.95. The Balaban J connectivity index is 1.49. The van der Waals surface area contributed by atoms with E-state index in [0.717, 1.165) is 12.0 Å². The third kappa shape index (κ3) is 7.93. The molecule has 0 aliphatic carbocycles. The van der Waals surface area contributed by atoms with Gasteiger partial charge in [0.1, 0.15) is 18.0 Å². The lowest BCUT2D eigenvalue weighted by Gasteiger charge is -2.22. The van der Waals surface area contributed by atoms with E-state index >= 15 is 0 Å². The molecule has 3 N–H and O–H groups in total. The lowest BCUT2D eigenvalue weighted by molar-refractivity contribution is 0.0934. The Labute approximate surface area is 226 Å². The molecular weight excluding hydrogens is 509 g/mol. The molecule has 0 saturated heterocycles. The van der Waals surface area contributed by atoms with Gasteiger partial charge in [0, 0.05) is 53.2 Å². The summed E-state index contributed by atoms with van der Waals surface area (Å²) in [5, 5.41) is 11.1. The van der Waals surface area contributed by atoms with Crippen molar-refractivity contribution in [3.8, 4) is 5.82 Å². The summed E-state index contributed by atoms with van der Waals surface area (Å²) in [4.78, 5) is 26.2. The van der Waals surface area contributed by atoms with Gasteiger partial charge in [0.2, 0.25) is 5.95 Å². The summed E-state index contributed by atoms with van der Waals surface area (Å²) >= 11 is 12.1. The van der Waals surface area contributed by atoms with Crippen molar-refractivity contribution in [3.63, 3.8) is 0 Å². The number of nitrogens with zero attached hydrogens (tertiary/aromatic N) is 4. The molecule has 1 atom stereocenters. The molecule has 4 aromatic rings. The molecule has 0 spiro atoms. The third-order valence-electron chi connectivity index (χ3n) is 5.55. The van der Waals surface area contributed by atoms with E-state index in [1.54, 1.807) is 36.8 Å². The van der Waals surface area contributed by atoms with Crippen LogP contribution in [0.1, 0.15) is 36.2 Å². The Morgan fingerprint density at radius 1 is 1.00 bits per heavy atom. The highest BCUT2D eigenvalue weighted by Gasteiger charge is 2.16. The van der Waals surface area contributed by atoms with Crippen LogP contribution in [-0.2, 0) is 6.54 Å². The van der Waals surface area contributed by atoms with Gasteiger partial charge in [0.25, 0.3) is 5.91 Å². The quantitative estimate of drug-likeness (QED) is 0.222. The highest BCUT2D eigenvalue weighted by Crippen LogP contribution is 2.17. The number of carbonyl (C=O) groups is 1. The van der Waals surface area contributed by atoms with Crippen LogP contribution in [0.5, 0.6) is 0 Å². The average Bonchev–Trinajstić information content (AvgIpc) is 3.41. The fraction of sp³-hybridized carbons (Fsp3) is 0.259. The zero-order valence-corrected chi connectivity index (χ0v) is 22.2. The maximum Gasteiger partial charge on any atom is 0.251 e. The Morgan fingerprint density at radius 3 is 2.51 bits per heavy atom. The Bertz CT molecular complexity index is 1310. The Morgan fingerprint density at radius 2 is 1.81 bits per heavy atom. The predicted molar refractivity (Wildman–Crippen MR) is 149 cm³/mol. The number of nitrogens with one attached hydrogen (secondary N) is 3.